The van der Waals surface area contributed by atoms with Crippen molar-refractivity contribution >= 4 is 5.82 Å². The molecule has 2 aromatic rings. The van der Waals surface area contributed by atoms with Crippen LogP contribution in [0, 0.1) is 0 Å². The molecule has 0 spiro atoms. The fraction of sp³-hybridized carbons (Fsp3) is 0.154. The highest BCUT2D eigenvalue weighted by atomic mass is 16.3. The molecule has 0 fully saturated rings. The number of nitrogens with zero attached hydrogens (tertiary/aromatic N) is 1. The van der Waals surface area contributed by atoms with Crippen molar-refractivity contribution < 1.29 is 5.11 Å². The van der Waals surface area contributed by atoms with Gasteiger partial charge in [0.15, 0.2) is 0 Å². The maximum atomic E-state index is 8.96. The highest BCUT2D eigenvalue weighted by Gasteiger charge is 1.99. The van der Waals surface area contributed by atoms with E-state index in [0.29, 0.717) is 0 Å². The van der Waals surface area contributed by atoms with Gasteiger partial charge in [0, 0.05) is 13.2 Å². The largest absolute Gasteiger partial charge is 0.392 e. The lowest BCUT2D eigenvalue weighted by molar-refractivity contribution is 0.282. The summed E-state index contributed by atoms with van der Waals surface area (Å²) in [6.07, 6.45) is 1.78. The molecule has 2 N–H and O–H groups in total. The van der Waals surface area contributed by atoms with Crippen LogP contribution in [-0.4, -0.2) is 17.1 Å². The average Bonchev–Trinajstić information content (AvgIpc) is 2.39. The number of hydrogen-bond donors (Lipinski definition) is 2. The predicted molar refractivity (Wildman–Crippen MR) is 65.1 cm³/mol. The summed E-state index contributed by atoms with van der Waals surface area (Å²) in [6, 6.07) is 11.8. The fourth-order valence-electron chi connectivity index (χ4n) is 1.55. The second kappa shape index (κ2) is 4.77. The molecule has 1 aromatic heterocycles. The summed E-state index contributed by atoms with van der Waals surface area (Å²) in [5, 5.41) is 12.0. The molecular weight excluding hydrogens is 200 g/mol. The number of aliphatic hydroxyl groups is 1. The van der Waals surface area contributed by atoms with E-state index in [1.165, 1.54) is 0 Å². The molecular formula is C13H14N2O. The maximum Gasteiger partial charge on any atom is 0.126 e. The van der Waals surface area contributed by atoms with Crippen LogP contribution in [0.3, 0.4) is 0 Å². The Kier molecular flexibility index (Phi) is 3.17. The van der Waals surface area contributed by atoms with Crippen molar-refractivity contribution in [3.63, 3.8) is 0 Å². The van der Waals surface area contributed by atoms with Gasteiger partial charge in [0.25, 0.3) is 0 Å². The maximum absolute atomic E-state index is 8.96. The van der Waals surface area contributed by atoms with Gasteiger partial charge in [-0.1, -0.05) is 24.3 Å². The lowest BCUT2D eigenvalue weighted by Crippen LogP contribution is -1.91. The number of aliphatic hydroxyl groups excluding tert-OH is 1. The van der Waals surface area contributed by atoms with Gasteiger partial charge >= 0.3 is 0 Å². The van der Waals surface area contributed by atoms with E-state index in [1.807, 2.05) is 43.4 Å². The van der Waals surface area contributed by atoms with Gasteiger partial charge in [0.05, 0.1) is 6.61 Å². The summed E-state index contributed by atoms with van der Waals surface area (Å²) in [6.45, 7) is 0.0817. The van der Waals surface area contributed by atoms with Crippen LogP contribution in [0.5, 0.6) is 0 Å². The van der Waals surface area contributed by atoms with Crippen molar-refractivity contribution in [2.24, 2.45) is 0 Å². The monoisotopic (exact) mass is 214 g/mol. The molecule has 0 bridgehead atoms. The zero-order valence-corrected chi connectivity index (χ0v) is 9.14. The van der Waals surface area contributed by atoms with Gasteiger partial charge in [-0.05, 0) is 28.8 Å². The van der Waals surface area contributed by atoms with Gasteiger partial charge in [0.2, 0.25) is 0 Å². The molecule has 1 heterocycles. The lowest BCUT2D eigenvalue weighted by atomic mass is 10.1. The molecule has 0 amide bonds. The molecule has 0 atom stereocenters. The van der Waals surface area contributed by atoms with Crippen molar-refractivity contribution in [3.05, 3.63) is 48.2 Å². The van der Waals surface area contributed by atoms with E-state index in [9.17, 15) is 0 Å². The zero-order valence-electron chi connectivity index (χ0n) is 9.14. The third-order valence-corrected chi connectivity index (χ3v) is 2.49. The van der Waals surface area contributed by atoms with E-state index in [4.69, 9.17) is 5.11 Å². The fourth-order valence-corrected chi connectivity index (χ4v) is 1.55. The quantitative estimate of drug-likeness (QED) is 0.824. The standard InChI is InChI=1S/C13H14N2O/c1-14-13-8-12(6-7-15-13)11-4-2-10(9-16)3-5-11/h2-8,16H,9H2,1H3,(H,14,15). The third-order valence-electron chi connectivity index (χ3n) is 2.49. The Morgan fingerprint density at radius 2 is 1.88 bits per heavy atom. The summed E-state index contributed by atoms with van der Waals surface area (Å²) >= 11 is 0. The van der Waals surface area contributed by atoms with Crippen LogP contribution in [0.15, 0.2) is 42.6 Å². The third kappa shape index (κ3) is 2.20. The Labute approximate surface area is 94.8 Å². The van der Waals surface area contributed by atoms with Crippen LogP contribution in [0.25, 0.3) is 11.1 Å². The topological polar surface area (TPSA) is 45.1 Å². The molecule has 0 saturated heterocycles. The Morgan fingerprint density at radius 1 is 1.12 bits per heavy atom. The normalized spacial score (nSPS) is 10.1. The van der Waals surface area contributed by atoms with Gasteiger partial charge in [-0.15, -0.1) is 0 Å². The molecule has 82 valence electrons. The molecule has 0 aliphatic rings. The summed E-state index contributed by atoms with van der Waals surface area (Å²) in [4.78, 5) is 4.17. The van der Waals surface area contributed by atoms with Crippen molar-refractivity contribution in [3.8, 4) is 11.1 Å². The van der Waals surface area contributed by atoms with E-state index in [2.05, 4.69) is 10.3 Å². The van der Waals surface area contributed by atoms with E-state index >= 15 is 0 Å². The highest BCUT2D eigenvalue weighted by molar-refractivity contribution is 5.66. The van der Waals surface area contributed by atoms with E-state index in [1.54, 1.807) is 6.20 Å². The minimum Gasteiger partial charge on any atom is -0.392 e. The number of benzene rings is 1. The summed E-state index contributed by atoms with van der Waals surface area (Å²) < 4.78 is 0. The van der Waals surface area contributed by atoms with Gasteiger partial charge in [-0.3, -0.25) is 0 Å². The van der Waals surface area contributed by atoms with Crippen molar-refractivity contribution in [1.82, 2.24) is 4.98 Å². The minimum absolute atomic E-state index is 0.0817. The first-order valence-electron chi connectivity index (χ1n) is 5.17. The summed E-state index contributed by atoms with van der Waals surface area (Å²) in [5.74, 6) is 0.851. The Bertz CT molecular complexity index is 466. The van der Waals surface area contributed by atoms with Crippen LogP contribution in [-0.2, 0) is 6.61 Å². The SMILES string of the molecule is CNc1cc(-c2ccc(CO)cc2)ccn1. The summed E-state index contributed by atoms with van der Waals surface area (Å²) in [7, 11) is 1.85. The van der Waals surface area contributed by atoms with Crippen molar-refractivity contribution in [1.29, 1.82) is 0 Å². The highest BCUT2D eigenvalue weighted by Crippen LogP contribution is 2.21. The molecule has 1 aromatic carbocycles. The molecule has 16 heavy (non-hydrogen) atoms. The first kappa shape index (κ1) is 10.6. The molecule has 3 nitrogen and oxygen atoms in total. The average molecular weight is 214 g/mol. The van der Waals surface area contributed by atoms with Crippen LogP contribution in [0.2, 0.25) is 0 Å². The molecule has 0 aliphatic carbocycles. The van der Waals surface area contributed by atoms with Gasteiger partial charge in [0.1, 0.15) is 5.82 Å². The second-order valence-electron chi connectivity index (χ2n) is 3.53. The van der Waals surface area contributed by atoms with Crippen molar-refractivity contribution in [2.75, 3.05) is 12.4 Å². The van der Waals surface area contributed by atoms with Gasteiger partial charge in [-0.25, -0.2) is 4.98 Å². The second-order valence-corrected chi connectivity index (χ2v) is 3.53. The van der Waals surface area contributed by atoms with E-state index in [-0.39, 0.29) is 6.61 Å². The number of nitrogens with one attached hydrogen (secondary N) is 1. The Hall–Kier alpha value is -1.87. The molecule has 0 saturated carbocycles. The first-order chi connectivity index (χ1) is 7.83. The smallest absolute Gasteiger partial charge is 0.126 e. The number of aromatic nitrogens is 1. The van der Waals surface area contributed by atoms with Gasteiger partial charge < -0.3 is 10.4 Å². The van der Waals surface area contributed by atoms with Crippen LogP contribution in [0.1, 0.15) is 5.56 Å². The molecule has 0 radical (unpaired) electrons. The van der Waals surface area contributed by atoms with Crippen LogP contribution in [0.4, 0.5) is 5.82 Å². The molecule has 2 rings (SSSR count). The Morgan fingerprint density at radius 3 is 2.50 bits per heavy atom. The molecule has 0 aliphatic heterocycles. The lowest BCUT2D eigenvalue weighted by Gasteiger charge is -2.05. The van der Waals surface area contributed by atoms with Crippen LogP contribution < -0.4 is 5.32 Å². The number of hydrogen-bond acceptors (Lipinski definition) is 3. The van der Waals surface area contributed by atoms with E-state index < -0.39 is 0 Å². The first-order valence-corrected chi connectivity index (χ1v) is 5.17. The number of rotatable bonds is 3. The summed E-state index contributed by atoms with van der Waals surface area (Å²) in [5.41, 5.74) is 3.16. The van der Waals surface area contributed by atoms with E-state index in [0.717, 1.165) is 22.5 Å². The van der Waals surface area contributed by atoms with Crippen LogP contribution >= 0.6 is 0 Å². The molecule has 3 heteroatoms. The minimum atomic E-state index is 0.0817. The predicted octanol–water partition coefficient (Wildman–Crippen LogP) is 2.28. The van der Waals surface area contributed by atoms with Crippen molar-refractivity contribution in [2.45, 2.75) is 6.61 Å². The number of anilines is 1. The molecule has 0 unspecified atom stereocenters. The number of pyridine rings is 1. The van der Waals surface area contributed by atoms with Gasteiger partial charge in [-0.2, -0.15) is 0 Å². The Balaban J connectivity index is 2.34. The zero-order chi connectivity index (χ0) is 11.4.